The van der Waals surface area contributed by atoms with Crippen molar-refractivity contribution in [3.8, 4) is 24.2 Å². The number of carbonyl (C=O) groups excluding carboxylic acids is 1. The Labute approximate surface area is 165 Å². The van der Waals surface area contributed by atoms with Crippen molar-refractivity contribution in [2.75, 3.05) is 11.9 Å². The smallest absolute Gasteiger partial charge is 0.266 e. The molecule has 0 radical (unpaired) electrons. The van der Waals surface area contributed by atoms with E-state index in [4.69, 9.17) is 22.8 Å². The van der Waals surface area contributed by atoms with Crippen LogP contribution < -0.4 is 10.1 Å². The molecule has 2 aromatic rings. The van der Waals surface area contributed by atoms with Gasteiger partial charge in [0.15, 0.2) is 0 Å². The number of carbonyl (C=O) groups is 1. The van der Waals surface area contributed by atoms with Gasteiger partial charge in [0.1, 0.15) is 24.0 Å². The molecule has 4 nitrogen and oxygen atoms in total. The lowest BCUT2D eigenvalue weighted by atomic mass is 10.1. The number of aryl methyl sites for hydroxylation is 1. The van der Waals surface area contributed by atoms with Crippen LogP contribution in [0.4, 0.5) is 5.69 Å². The van der Waals surface area contributed by atoms with E-state index in [1.165, 1.54) is 6.08 Å². The van der Waals surface area contributed by atoms with Crippen LogP contribution in [0.3, 0.4) is 0 Å². The van der Waals surface area contributed by atoms with E-state index in [2.05, 4.69) is 27.2 Å². The lowest BCUT2D eigenvalue weighted by Crippen LogP contribution is -2.14. The van der Waals surface area contributed by atoms with E-state index in [1.807, 2.05) is 13.0 Å². The Balaban J connectivity index is 2.23. The molecule has 0 atom stereocenters. The molecule has 0 aromatic heterocycles. The Kier molecular flexibility index (Phi) is 6.86. The first-order valence-corrected chi connectivity index (χ1v) is 8.67. The molecular weight excluding hydrogens is 416 g/mol. The topological polar surface area (TPSA) is 62.1 Å². The van der Waals surface area contributed by atoms with Crippen molar-refractivity contribution in [1.29, 1.82) is 5.26 Å². The molecule has 130 valence electrons. The van der Waals surface area contributed by atoms with Crippen LogP contribution in [0.5, 0.6) is 5.75 Å². The van der Waals surface area contributed by atoms with Gasteiger partial charge in [0.05, 0.1) is 4.47 Å². The molecule has 0 aliphatic rings. The van der Waals surface area contributed by atoms with E-state index in [1.54, 1.807) is 36.4 Å². The van der Waals surface area contributed by atoms with Crippen LogP contribution in [0.1, 0.15) is 11.1 Å². The quantitative estimate of drug-likeness (QED) is 0.415. The maximum Gasteiger partial charge on any atom is 0.266 e. The third-order valence-electron chi connectivity index (χ3n) is 3.39. The summed E-state index contributed by atoms with van der Waals surface area (Å²) in [5.41, 5.74) is 2.04. The summed E-state index contributed by atoms with van der Waals surface area (Å²) in [6, 6.07) is 12.3. The Morgan fingerprint density at radius 1 is 1.38 bits per heavy atom. The van der Waals surface area contributed by atoms with Gasteiger partial charge in [-0.15, -0.1) is 6.42 Å². The molecule has 0 saturated heterocycles. The summed E-state index contributed by atoms with van der Waals surface area (Å²) in [5.74, 6) is 2.45. The highest BCUT2D eigenvalue weighted by Crippen LogP contribution is 2.27. The summed E-state index contributed by atoms with van der Waals surface area (Å²) >= 11 is 9.33. The molecule has 1 N–H and O–H groups in total. The van der Waals surface area contributed by atoms with Gasteiger partial charge >= 0.3 is 0 Å². The van der Waals surface area contributed by atoms with Crippen molar-refractivity contribution in [3.05, 3.63) is 62.6 Å². The molecule has 0 aliphatic carbocycles. The highest BCUT2D eigenvalue weighted by atomic mass is 79.9. The van der Waals surface area contributed by atoms with Gasteiger partial charge < -0.3 is 10.1 Å². The van der Waals surface area contributed by atoms with Gasteiger partial charge in [-0.2, -0.15) is 5.26 Å². The van der Waals surface area contributed by atoms with Crippen LogP contribution >= 0.6 is 27.5 Å². The lowest BCUT2D eigenvalue weighted by Gasteiger charge is -2.09. The number of ether oxygens (including phenoxy) is 1. The maximum atomic E-state index is 12.4. The van der Waals surface area contributed by atoms with Crippen LogP contribution in [0.15, 0.2) is 46.4 Å². The Morgan fingerprint density at radius 3 is 2.81 bits per heavy atom. The first-order chi connectivity index (χ1) is 12.4. The number of anilines is 1. The molecule has 0 heterocycles. The zero-order valence-electron chi connectivity index (χ0n) is 13.8. The third-order valence-corrected chi connectivity index (χ3v) is 4.25. The number of nitriles is 1. The average molecular weight is 430 g/mol. The lowest BCUT2D eigenvalue weighted by molar-refractivity contribution is -0.112. The summed E-state index contributed by atoms with van der Waals surface area (Å²) in [5, 5.41) is 12.5. The van der Waals surface area contributed by atoms with E-state index < -0.39 is 5.91 Å². The molecular formula is C20H14BrClN2O2. The summed E-state index contributed by atoms with van der Waals surface area (Å²) in [4.78, 5) is 12.4. The van der Waals surface area contributed by atoms with Gasteiger partial charge in [0.2, 0.25) is 0 Å². The molecule has 2 aromatic carbocycles. The van der Waals surface area contributed by atoms with Crippen molar-refractivity contribution in [1.82, 2.24) is 0 Å². The van der Waals surface area contributed by atoms with Crippen LogP contribution in [0.25, 0.3) is 6.08 Å². The maximum absolute atomic E-state index is 12.4. The second-order valence-electron chi connectivity index (χ2n) is 5.27. The number of terminal acetylenes is 1. The molecule has 0 fully saturated rings. The van der Waals surface area contributed by atoms with Gasteiger partial charge in [-0.3, -0.25) is 4.79 Å². The van der Waals surface area contributed by atoms with E-state index in [0.717, 1.165) is 5.56 Å². The molecule has 1 amide bonds. The van der Waals surface area contributed by atoms with Crippen LogP contribution in [-0.4, -0.2) is 12.5 Å². The van der Waals surface area contributed by atoms with Gasteiger partial charge in [0, 0.05) is 10.7 Å². The normalized spacial score (nSPS) is 10.6. The summed E-state index contributed by atoms with van der Waals surface area (Å²) in [6.45, 7) is 1.99. The van der Waals surface area contributed by atoms with Crippen molar-refractivity contribution in [2.24, 2.45) is 0 Å². The summed E-state index contributed by atoms with van der Waals surface area (Å²) in [7, 11) is 0. The number of halogens is 2. The minimum atomic E-state index is -0.512. The Hall–Kier alpha value is -2.73. The molecule has 0 saturated carbocycles. The third kappa shape index (κ3) is 5.13. The zero-order valence-corrected chi connectivity index (χ0v) is 16.2. The summed E-state index contributed by atoms with van der Waals surface area (Å²) in [6.07, 6.45) is 6.66. The largest absolute Gasteiger partial charge is 0.480 e. The van der Waals surface area contributed by atoms with Crippen LogP contribution in [0.2, 0.25) is 5.02 Å². The Bertz CT molecular complexity index is 955. The van der Waals surface area contributed by atoms with Crippen LogP contribution in [0, 0.1) is 30.6 Å². The second-order valence-corrected chi connectivity index (χ2v) is 6.56. The van der Waals surface area contributed by atoms with Gasteiger partial charge in [-0.25, -0.2) is 0 Å². The molecule has 0 unspecified atom stereocenters. The number of rotatable bonds is 5. The molecule has 0 bridgehead atoms. The number of nitrogens with zero attached hydrogens (tertiary/aromatic N) is 1. The van der Waals surface area contributed by atoms with Crippen LogP contribution in [-0.2, 0) is 4.79 Å². The molecule has 0 aliphatic heterocycles. The number of benzene rings is 2. The van der Waals surface area contributed by atoms with Gasteiger partial charge in [-0.05, 0) is 64.3 Å². The Morgan fingerprint density at radius 2 is 2.15 bits per heavy atom. The van der Waals surface area contributed by atoms with E-state index >= 15 is 0 Å². The SMILES string of the molecule is C#CCOc1ccc(/C=C(\C#N)C(=O)Nc2cc(Cl)ccc2C)cc1Br. The average Bonchev–Trinajstić information content (AvgIpc) is 2.62. The number of hydrogen-bond donors (Lipinski definition) is 1. The second kappa shape index (κ2) is 9.10. The first-order valence-electron chi connectivity index (χ1n) is 7.49. The number of nitrogens with one attached hydrogen (secondary N) is 1. The fourth-order valence-electron chi connectivity index (χ4n) is 2.08. The highest BCUT2D eigenvalue weighted by Gasteiger charge is 2.12. The minimum Gasteiger partial charge on any atom is -0.480 e. The van der Waals surface area contributed by atoms with E-state index in [9.17, 15) is 10.1 Å². The molecule has 6 heteroatoms. The fourth-order valence-corrected chi connectivity index (χ4v) is 2.76. The highest BCUT2D eigenvalue weighted by molar-refractivity contribution is 9.10. The number of amides is 1. The number of hydrogen-bond acceptors (Lipinski definition) is 3. The standard InChI is InChI=1S/C20H14BrClN2O2/c1-3-8-26-19-7-5-14(10-17(19)21)9-15(12-23)20(25)24-18-11-16(22)6-4-13(18)2/h1,4-7,9-11H,8H2,2H3,(H,24,25)/b15-9+. The predicted octanol–water partition coefficient (Wildman–Crippen LogP) is 4.97. The summed E-state index contributed by atoms with van der Waals surface area (Å²) < 4.78 is 6.03. The van der Waals surface area contributed by atoms with Crippen molar-refractivity contribution < 1.29 is 9.53 Å². The fraction of sp³-hybridized carbons (Fsp3) is 0.100. The van der Waals surface area contributed by atoms with Crippen molar-refractivity contribution in [3.63, 3.8) is 0 Å². The molecule has 0 spiro atoms. The minimum absolute atomic E-state index is 0.0337. The monoisotopic (exact) mass is 428 g/mol. The van der Waals surface area contributed by atoms with Crippen molar-refractivity contribution in [2.45, 2.75) is 6.92 Å². The van der Waals surface area contributed by atoms with Crippen molar-refractivity contribution >= 4 is 45.2 Å². The van der Waals surface area contributed by atoms with E-state index in [-0.39, 0.29) is 12.2 Å². The predicted molar refractivity (Wildman–Crippen MR) is 107 cm³/mol. The zero-order chi connectivity index (χ0) is 19.1. The van der Waals surface area contributed by atoms with E-state index in [0.29, 0.717) is 26.5 Å². The van der Waals surface area contributed by atoms with Gasteiger partial charge in [-0.1, -0.05) is 29.7 Å². The first kappa shape index (κ1) is 19.6. The molecule has 2 rings (SSSR count). The molecule has 26 heavy (non-hydrogen) atoms. The van der Waals surface area contributed by atoms with Gasteiger partial charge in [0.25, 0.3) is 5.91 Å².